The second-order valence-corrected chi connectivity index (χ2v) is 5.63. The predicted octanol–water partition coefficient (Wildman–Crippen LogP) is 3.66. The van der Waals surface area contributed by atoms with E-state index in [9.17, 15) is 0 Å². The van der Waals surface area contributed by atoms with Crippen molar-refractivity contribution < 1.29 is 0 Å². The minimum atomic E-state index is 0.477. The molecular weight excluding hydrogens is 222 g/mol. The van der Waals surface area contributed by atoms with E-state index < -0.39 is 0 Å². The van der Waals surface area contributed by atoms with E-state index in [4.69, 9.17) is 0 Å². The van der Waals surface area contributed by atoms with Crippen LogP contribution in [0.3, 0.4) is 0 Å². The second-order valence-electron chi connectivity index (χ2n) is 4.32. The van der Waals surface area contributed by atoms with Crippen LogP contribution in [0.1, 0.15) is 25.7 Å². The first-order chi connectivity index (χ1) is 7.35. The molecule has 0 saturated heterocycles. The highest BCUT2D eigenvalue weighted by atomic mass is 32.2. The Kier molecular flexibility index (Phi) is 3.98. The number of hydrogen-bond donors (Lipinski definition) is 1. The van der Waals surface area contributed by atoms with Crippen molar-refractivity contribution in [3.05, 3.63) is 24.4 Å². The molecule has 1 aliphatic carbocycles. The van der Waals surface area contributed by atoms with Crippen LogP contribution in [0.2, 0.25) is 0 Å². The summed E-state index contributed by atoms with van der Waals surface area (Å²) in [6.07, 6.45) is 7.31. The van der Waals surface area contributed by atoms with Crippen LogP contribution >= 0.6 is 24.4 Å². The highest BCUT2D eigenvalue weighted by molar-refractivity contribution is 7.99. The van der Waals surface area contributed by atoms with Crippen molar-refractivity contribution in [1.29, 1.82) is 0 Å². The van der Waals surface area contributed by atoms with Gasteiger partial charge in [0.2, 0.25) is 0 Å². The van der Waals surface area contributed by atoms with Crippen molar-refractivity contribution in [3.63, 3.8) is 0 Å². The summed E-state index contributed by atoms with van der Waals surface area (Å²) >= 11 is 6.40. The van der Waals surface area contributed by atoms with Crippen LogP contribution in [0.4, 0.5) is 0 Å². The van der Waals surface area contributed by atoms with Gasteiger partial charge in [0.05, 0.1) is 5.03 Å². The van der Waals surface area contributed by atoms with Gasteiger partial charge in [-0.2, -0.15) is 12.6 Å². The Hall–Kier alpha value is -0.150. The summed E-state index contributed by atoms with van der Waals surface area (Å²) in [5.74, 6) is 2.19. The molecule has 0 atom stereocenters. The number of aromatic nitrogens is 1. The molecule has 1 aliphatic rings. The van der Waals surface area contributed by atoms with Crippen LogP contribution < -0.4 is 0 Å². The molecule has 0 aromatic carbocycles. The lowest BCUT2D eigenvalue weighted by Gasteiger charge is -2.25. The van der Waals surface area contributed by atoms with Gasteiger partial charge in [-0.3, -0.25) is 0 Å². The monoisotopic (exact) mass is 239 g/mol. The molecule has 0 bridgehead atoms. The molecule has 1 saturated carbocycles. The fourth-order valence-electron chi connectivity index (χ4n) is 2.13. The van der Waals surface area contributed by atoms with E-state index in [1.165, 1.54) is 31.4 Å². The maximum atomic E-state index is 4.51. The highest BCUT2D eigenvalue weighted by Gasteiger charge is 2.32. The Labute approximate surface area is 101 Å². The van der Waals surface area contributed by atoms with Gasteiger partial charge < -0.3 is 0 Å². The molecule has 0 amide bonds. The molecule has 82 valence electrons. The van der Waals surface area contributed by atoms with E-state index in [0.29, 0.717) is 5.41 Å². The smallest absolute Gasteiger partial charge is 0.0959 e. The lowest BCUT2D eigenvalue weighted by atomic mass is 9.91. The molecule has 0 N–H and O–H groups in total. The number of hydrogen-bond acceptors (Lipinski definition) is 3. The molecule has 1 heterocycles. The van der Waals surface area contributed by atoms with Gasteiger partial charge in [-0.15, -0.1) is 11.8 Å². The van der Waals surface area contributed by atoms with E-state index in [-0.39, 0.29) is 0 Å². The molecule has 1 nitrogen and oxygen atoms in total. The van der Waals surface area contributed by atoms with Crippen LogP contribution in [0.15, 0.2) is 29.4 Å². The van der Waals surface area contributed by atoms with E-state index in [2.05, 4.69) is 29.7 Å². The summed E-state index contributed by atoms with van der Waals surface area (Å²) in [7, 11) is 0. The molecule has 1 aromatic heterocycles. The molecular formula is C12H17NS2. The molecule has 0 aliphatic heterocycles. The summed E-state index contributed by atoms with van der Waals surface area (Å²) in [6, 6.07) is 6.11. The zero-order valence-corrected chi connectivity index (χ0v) is 10.6. The third kappa shape index (κ3) is 2.91. The van der Waals surface area contributed by atoms with Gasteiger partial charge in [0.1, 0.15) is 0 Å². The van der Waals surface area contributed by atoms with E-state index in [0.717, 1.165) is 10.8 Å². The van der Waals surface area contributed by atoms with E-state index >= 15 is 0 Å². The summed E-state index contributed by atoms with van der Waals surface area (Å²) in [5, 5.41) is 1.14. The van der Waals surface area contributed by atoms with Gasteiger partial charge in [-0.05, 0) is 36.1 Å². The zero-order chi connectivity index (χ0) is 10.6. The molecule has 1 aromatic rings. The molecule has 2 rings (SSSR count). The Morgan fingerprint density at radius 3 is 2.73 bits per heavy atom. The first kappa shape index (κ1) is 11.3. The maximum absolute atomic E-state index is 4.51. The fraction of sp³-hybridized carbons (Fsp3) is 0.583. The molecule has 1 fully saturated rings. The van der Waals surface area contributed by atoms with Crippen LogP contribution in [0, 0.1) is 5.41 Å². The summed E-state index contributed by atoms with van der Waals surface area (Å²) in [5.41, 5.74) is 0.477. The van der Waals surface area contributed by atoms with Crippen molar-refractivity contribution in [2.45, 2.75) is 30.7 Å². The number of thiol groups is 1. The number of rotatable bonds is 4. The average Bonchev–Trinajstić information content (AvgIpc) is 2.77. The normalized spacial score (nSPS) is 19.3. The highest BCUT2D eigenvalue weighted by Crippen LogP contribution is 2.42. The summed E-state index contributed by atoms with van der Waals surface area (Å²) in [6.45, 7) is 0. The molecule has 0 unspecified atom stereocenters. The first-order valence-electron chi connectivity index (χ1n) is 5.49. The minimum absolute atomic E-state index is 0.477. The molecule has 0 radical (unpaired) electrons. The van der Waals surface area contributed by atoms with Crippen molar-refractivity contribution in [1.82, 2.24) is 4.98 Å². The lowest BCUT2D eigenvalue weighted by molar-refractivity contribution is 0.403. The van der Waals surface area contributed by atoms with Gasteiger partial charge in [-0.25, -0.2) is 4.98 Å². The molecule has 0 spiro atoms. The third-order valence-electron chi connectivity index (χ3n) is 3.16. The second kappa shape index (κ2) is 5.26. The SMILES string of the molecule is SCC1(CSc2ccccn2)CCCC1. The molecule has 15 heavy (non-hydrogen) atoms. The minimum Gasteiger partial charge on any atom is -0.250 e. The Balaban J connectivity index is 1.92. The standard InChI is InChI=1S/C12H17NS2/c14-9-12(6-2-3-7-12)10-15-11-5-1-4-8-13-11/h1,4-5,8,14H,2-3,6-7,9-10H2. The van der Waals surface area contributed by atoms with Gasteiger partial charge >= 0.3 is 0 Å². The summed E-state index contributed by atoms with van der Waals surface area (Å²) < 4.78 is 0. The van der Waals surface area contributed by atoms with Crippen LogP contribution in [0.5, 0.6) is 0 Å². The van der Waals surface area contributed by atoms with Crippen molar-refractivity contribution in [2.24, 2.45) is 5.41 Å². The average molecular weight is 239 g/mol. The van der Waals surface area contributed by atoms with E-state index in [1.54, 1.807) is 0 Å². The van der Waals surface area contributed by atoms with Gasteiger partial charge in [0, 0.05) is 11.9 Å². The summed E-state index contributed by atoms with van der Waals surface area (Å²) in [4.78, 5) is 4.34. The number of thioether (sulfide) groups is 1. The quantitative estimate of drug-likeness (QED) is 0.636. The van der Waals surface area contributed by atoms with Crippen LogP contribution in [-0.4, -0.2) is 16.5 Å². The largest absolute Gasteiger partial charge is 0.250 e. The molecule has 3 heteroatoms. The van der Waals surface area contributed by atoms with Crippen molar-refractivity contribution in [2.75, 3.05) is 11.5 Å². The lowest BCUT2D eigenvalue weighted by Crippen LogP contribution is -2.21. The number of nitrogens with zero attached hydrogens (tertiary/aromatic N) is 1. The zero-order valence-electron chi connectivity index (χ0n) is 8.85. The first-order valence-corrected chi connectivity index (χ1v) is 7.11. The number of pyridine rings is 1. The van der Waals surface area contributed by atoms with Gasteiger partial charge in [-0.1, -0.05) is 18.9 Å². The van der Waals surface area contributed by atoms with Crippen molar-refractivity contribution >= 4 is 24.4 Å². The maximum Gasteiger partial charge on any atom is 0.0959 e. The topological polar surface area (TPSA) is 12.9 Å². The van der Waals surface area contributed by atoms with Crippen LogP contribution in [0.25, 0.3) is 0 Å². The van der Waals surface area contributed by atoms with Crippen LogP contribution in [-0.2, 0) is 0 Å². The van der Waals surface area contributed by atoms with Gasteiger partial charge in [0.25, 0.3) is 0 Å². The Bertz CT molecular complexity index is 294. The predicted molar refractivity (Wildman–Crippen MR) is 69.7 cm³/mol. The van der Waals surface area contributed by atoms with Crippen molar-refractivity contribution in [3.8, 4) is 0 Å². The Morgan fingerprint density at radius 1 is 1.33 bits per heavy atom. The van der Waals surface area contributed by atoms with Gasteiger partial charge in [0.15, 0.2) is 0 Å². The Morgan fingerprint density at radius 2 is 2.13 bits per heavy atom. The van der Waals surface area contributed by atoms with E-state index in [1.807, 2.05) is 24.0 Å². The third-order valence-corrected chi connectivity index (χ3v) is 5.13. The fourth-order valence-corrected chi connectivity index (χ4v) is 3.87.